The highest BCUT2D eigenvalue weighted by molar-refractivity contribution is 5.17. The van der Waals surface area contributed by atoms with Gasteiger partial charge in [-0.1, -0.05) is 36.8 Å². The molecule has 0 heterocycles. The van der Waals surface area contributed by atoms with E-state index in [0.717, 1.165) is 5.56 Å². The molecule has 76 valence electrons. The first kappa shape index (κ1) is 9.69. The molecule has 1 aromatic rings. The molecule has 14 heavy (non-hydrogen) atoms. The molecule has 1 aliphatic rings. The third-order valence-electron chi connectivity index (χ3n) is 2.89. The van der Waals surface area contributed by atoms with Crippen LogP contribution in [0.1, 0.15) is 30.9 Å². The van der Waals surface area contributed by atoms with Gasteiger partial charge in [0.25, 0.3) is 0 Å². The second-order valence-corrected chi connectivity index (χ2v) is 3.96. The average molecular weight is 191 g/mol. The maximum absolute atomic E-state index is 9.83. The van der Waals surface area contributed by atoms with E-state index in [1.165, 1.54) is 19.3 Å². The van der Waals surface area contributed by atoms with Crippen LogP contribution in [0.3, 0.4) is 0 Å². The van der Waals surface area contributed by atoms with E-state index >= 15 is 0 Å². The van der Waals surface area contributed by atoms with E-state index in [1.807, 2.05) is 30.3 Å². The topological polar surface area (TPSA) is 32.3 Å². The van der Waals surface area contributed by atoms with Crippen LogP contribution in [0.5, 0.6) is 0 Å². The smallest absolute Gasteiger partial charge is 0.0914 e. The summed E-state index contributed by atoms with van der Waals surface area (Å²) >= 11 is 0. The summed E-state index contributed by atoms with van der Waals surface area (Å²) in [7, 11) is 0. The molecule has 1 aromatic carbocycles. The van der Waals surface area contributed by atoms with Gasteiger partial charge >= 0.3 is 0 Å². The highest BCUT2D eigenvalue weighted by Crippen LogP contribution is 2.19. The van der Waals surface area contributed by atoms with E-state index in [2.05, 4.69) is 5.32 Å². The van der Waals surface area contributed by atoms with Crippen LogP contribution in [0, 0.1) is 0 Å². The fourth-order valence-corrected chi connectivity index (χ4v) is 1.68. The van der Waals surface area contributed by atoms with Crippen LogP contribution in [0.2, 0.25) is 0 Å². The number of hydrogen-bond donors (Lipinski definition) is 2. The monoisotopic (exact) mass is 191 g/mol. The molecule has 2 heteroatoms. The lowest BCUT2D eigenvalue weighted by Crippen LogP contribution is -2.37. The fourth-order valence-electron chi connectivity index (χ4n) is 1.68. The Morgan fingerprint density at radius 2 is 2.00 bits per heavy atom. The number of benzene rings is 1. The van der Waals surface area contributed by atoms with Crippen molar-refractivity contribution in [2.45, 2.75) is 31.4 Å². The second-order valence-electron chi connectivity index (χ2n) is 3.96. The molecule has 1 atom stereocenters. The quantitative estimate of drug-likeness (QED) is 0.761. The summed E-state index contributed by atoms with van der Waals surface area (Å²) in [4.78, 5) is 0. The predicted octanol–water partition coefficient (Wildman–Crippen LogP) is 1.86. The van der Waals surface area contributed by atoms with E-state index in [0.29, 0.717) is 12.6 Å². The van der Waals surface area contributed by atoms with E-state index < -0.39 is 0 Å². The van der Waals surface area contributed by atoms with Crippen LogP contribution in [-0.2, 0) is 0 Å². The van der Waals surface area contributed by atoms with Gasteiger partial charge in [-0.2, -0.15) is 0 Å². The average Bonchev–Trinajstić information content (AvgIpc) is 2.16. The molecular weight excluding hydrogens is 174 g/mol. The lowest BCUT2D eigenvalue weighted by molar-refractivity contribution is 0.161. The lowest BCUT2D eigenvalue weighted by atomic mass is 9.93. The standard InChI is InChI=1S/C12H17NO/c14-12(9-13-11-7-4-8-11)10-5-2-1-3-6-10/h1-3,5-6,11-14H,4,7-9H2. The van der Waals surface area contributed by atoms with Gasteiger partial charge < -0.3 is 10.4 Å². The molecule has 0 bridgehead atoms. The maximum Gasteiger partial charge on any atom is 0.0914 e. The minimum Gasteiger partial charge on any atom is -0.387 e. The minimum atomic E-state index is -0.364. The molecule has 0 saturated heterocycles. The Bertz CT molecular complexity index is 269. The molecule has 1 unspecified atom stereocenters. The molecule has 0 aromatic heterocycles. The van der Waals surface area contributed by atoms with Crippen molar-refractivity contribution in [2.75, 3.05) is 6.54 Å². The molecule has 2 N–H and O–H groups in total. The Morgan fingerprint density at radius 3 is 2.57 bits per heavy atom. The zero-order chi connectivity index (χ0) is 9.80. The van der Waals surface area contributed by atoms with Crippen molar-refractivity contribution in [3.05, 3.63) is 35.9 Å². The molecule has 1 saturated carbocycles. The Hall–Kier alpha value is -0.860. The van der Waals surface area contributed by atoms with Crippen molar-refractivity contribution in [2.24, 2.45) is 0 Å². The van der Waals surface area contributed by atoms with Crippen LogP contribution >= 0.6 is 0 Å². The fraction of sp³-hybridized carbons (Fsp3) is 0.500. The van der Waals surface area contributed by atoms with Gasteiger partial charge in [0, 0.05) is 12.6 Å². The summed E-state index contributed by atoms with van der Waals surface area (Å²) in [6, 6.07) is 10.5. The Kier molecular flexibility index (Phi) is 3.17. The highest BCUT2D eigenvalue weighted by atomic mass is 16.3. The SMILES string of the molecule is OC(CNC1CCC1)c1ccccc1. The minimum absolute atomic E-state index is 0.364. The summed E-state index contributed by atoms with van der Waals surface area (Å²) in [6.07, 6.45) is 3.50. The molecule has 1 fully saturated rings. The maximum atomic E-state index is 9.83. The van der Waals surface area contributed by atoms with Crippen molar-refractivity contribution >= 4 is 0 Å². The number of aliphatic hydroxyl groups is 1. The van der Waals surface area contributed by atoms with Gasteiger partial charge in [-0.25, -0.2) is 0 Å². The molecule has 0 spiro atoms. The molecule has 2 nitrogen and oxygen atoms in total. The first-order valence-corrected chi connectivity index (χ1v) is 5.32. The first-order valence-electron chi connectivity index (χ1n) is 5.32. The lowest BCUT2D eigenvalue weighted by Gasteiger charge is -2.27. The van der Waals surface area contributed by atoms with Crippen LogP contribution in [0.15, 0.2) is 30.3 Å². The van der Waals surface area contributed by atoms with Gasteiger partial charge in [0.15, 0.2) is 0 Å². The van der Waals surface area contributed by atoms with Gasteiger partial charge in [-0.05, 0) is 18.4 Å². The van der Waals surface area contributed by atoms with Crippen molar-refractivity contribution < 1.29 is 5.11 Å². The van der Waals surface area contributed by atoms with Gasteiger partial charge in [-0.15, -0.1) is 0 Å². The van der Waals surface area contributed by atoms with Gasteiger partial charge in [-0.3, -0.25) is 0 Å². The molecule has 2 rings (SSSR count). The van der Waals surface area contributed by atoms with E-state index in [4.69, 9.17) is 0 Å². The van der Waals surface area contributed by atoms with Gasteiger partial charge in [0.2, 0.25) is 0 Å². The largest absolute Gasteiger partial charge is 0.387 e. The van der Waals surface area contributed by atoms with E-state index in [-0.39, 0.29) is 6.10 Å². The van der Waals surface area contributed by atoms with Crippen LogP contribution < -0.4 is 5.32 Å². The highest BCUT2D eigenvalue weighted by Gasteiger charge is 2.17. The number of hydrogen-bond acceptors (Lipinski definition) is 2. The van der Waals surface area contributed by atoms with Crippen LogP contribution in [-0.4, -0.2) is 17.7 Å². The zero-order valence-electron chi connectivity index (χ0n) is 8.32. The van der Waals surface area contributed by atoms with E-state index in [9.17, 15) is 5.11 Å². The summed E-state index contributed by atoms with van der Waals surface area (Å²) in [5.74, 6) is 0. The number of aliphatic hydroxyl groups excluding tert-OH is 1. The van der Waals surface area contributed by atoms with Crippen molar-refractivity contribution in [3.63, 3.8) is 0 Å². The predicted molar refractivity (Wildman–Crippen MR) is 57.0 cm³/mol. The van der Waals surface area contributed by atoms with Crippen molar-refractivity contribution in [1.29, 1.82) is 0 Å². The van der Waals surface area contributed by atoms with Crippen LogP contribution in [0.25, 0.3) is 0 Å². The number of nitrogens with one attached hydrogen (secondary N) is 1. The van der Waals surface area contributed by atoms with Crippen LogP contribution in [0.4, 0.5) is 0 Å². The molecule has 0 radical (unpaired) electrons. The number of rotatable bonds is 4. The third kappa shape index (κ3) is 2.34. The molecule has 1 aliphatic carbocycles. The second kappa shape index (κ2) is 4.58. The summed E-state index contributed by atoms with van der Waals surface area (Å²) in [5.41, 5.74) is 0.999. The Morgan fingerprint density at radius 1 is 1.29 bits per heavy atom. The summed E-state index contributed by atoms with van der Waals surface area (Å²) in [6.45, 7) is 0.675. The molecular formula is C12H17NO. The summed E-state index contributed by atoms with van der Waals surface area (Å²) in [5, 5.41) is 13.2. The molecule has 0 aliphatic heterocycles. The zero-order valence-corrected chi connectivity index (χ0v) is 8.32. The van der Waals surface area contributed by atoms with E-state index in [1.54, 1.807) is 0 Å². The van der Waals surface area contributed by atoms with Crippen molar-refractivity contribution in [3.8, 4) is 0 Å². The van der Waals surface area contributed by atoms with Gasteiger partial charge in [0.05, 0.1) is 6.10 Å². The Balaban J connectivity index is 1.80. The third-order valence-corrected chi connectivity index (χ3v) is 2.89. The summed E-state index contributed by atoms with van der Waals surface area (Å²) < 4.78 is 0. The normalized spacial score (nSPS) is 18.9. The Labute approximate surface area is 85.0 Å². The molecule has 0 amide bonds. The van der Waals surface area contributed by atoms with Crippen molar-refractivity contribution in [1.82, 2.24) is 5.32 Å². The van der Waals surface area contributed by atoms with Gasteiger partial charge in [0.1, 0.15) is 0 Å². The first-order chi connectivity index (χ1) is 6.86.